The van der Waals surface area contributed by atoms with Crippen LogP contribution in [-0.4, -0.2) is 61.3 Å². The van der Waals surface area contributed by atoms with Crippen LogP contribution in [0.15, 0.2) is 65.6 Å². The van der Waals surface area contributed by atoms with Crippen LogP contribution >= 0.6 is 11.6 Å². The van der Waals surface area contributed by atoms with Crippen molar-refractivity contribution in [3.8, 4) is 23.0 Å². The molecule has 0 aromatic heterocycles. The van der Waals surface area contributed by atoms with Gasteiger partial charge in [-0.1, -0.05) is 29.8 Å². The zero-order valence-electron chi connectivity index (χ0n) is 21.2. The molecule has 9 nitrogen and oxygen atoms in total. The zero-order valence-corrected chi connectivity index (χ0v) is 22.8. The molecule has 0 atom stereocenters. The summed E-state index contributed by atoms with van der Waals surface area (Å²) in [5.41, 5.74) is 0.888. The highest BCUT2D eigenvalue weighted by Crippen LogP contribution is 2.37. The van der Waals surface area contributed by atoms with E-state index in [0.29, 0.717) is 11.5 Å². The van der Waals surface area contributed by atoms with Gasteiger partial charge in [0.2, 0.25) is 5.91 Å². The molecule has 3 aromatic carbocycles. The highest BCUT2D eigenvalue weighted by molar-refractivity contribution is 7.92. The van der Waals surface area contributed by atoms with Gasteiger partial charge in [0.25, 0.3) is 10.0 Å². The smallest absolute Gasteiger partial charge is 0.265 e. The van der Waals surface area contributed by atoms with Crippen LogP contribution < -0.4 is 23.3 Å². The van der Waals surface area contributed by atoms with E-state index in [0.717, 1.165) is 9.87 Å². The molecule has 0 heterocycles. The lowest BCUT2D eigenvalue weighted by molar-refractivity contribution is -0.128. The van der Waals surface area contributed by atoms with Crippen LogP contribution in [0.4, 0.5) is 5.69 Å². The normalized spacial score (nSPS) is 11.0. The van der Waals surface area contributed by atoms with Gasteiger partial charge in [-0.2, -0.15) is 0 Å². The standard InChI is InChI=1S/C26H29ClN2O7S/c1-28(16-18-8-6-7-9-22(18)33-2)26(30)17-29(21-14-19(27)10-12-23(21)34-3)37(31,32)20-11-13-24(35-4)25(15-20)36-5/h6-15H,16-17H2,1-5H3. The molecule has 0 aliphatic rings. The molecule has 0 spiro atoms. The second-order valence-electron chi connectivity index (χ2n) is 7.91. The number of hydrogen-bond donors (Lipinski definition) is 0. The number of amides is 1. The molecular weight excluding hydrogens is 520 g/mol. The molecular formula is C26H29ClN2O7S. The van der Waals surface area contributed by atoms with E-state index >= 15 is 0 Å². The van der Waals surface area contributed by atoms with Gasteiger partial charge < -0.3 is 23.8 Å². The van der Waals surface area contributed by atoms with E-state index in [1.165, 1.54) is 56.6 Å². The molecule has 0 saturated carbocycles. The molecule has 198 valence electrons. The predicted molar refractivity (Wildman–Crippen MR) is 142 cm³/mol. The Morgan fingerprint density at radius 2 is 1.43 bits per heavy atom. The number of nitrogens with zero attached hydrogens (tertiary/aromatic N) is 2. The molecule has 11 heteroatoms. The van der Waals surface area contributed by atoms with Gasteiger partial charge in [-0.3, -0.25) is 9.10 Å². The van der Waals surface area contributed by atoms with Crippen LogP contribution in [0.3, 0.4) is 0 Å². The van der Waals surface area contributed by atoms with Crippen molar-refractivity contribution in [3.63, 3.8) is 0 Å². The fourth-order valence-corrected chi connectivity index (χ4v) is 5.28. The van der Waals surface area contributed by atoms with Crippen LogP contribution in [0, 0.1) is 0 Å². The number of halogens is 1. The van der Waals surface area contributed by atoms with Crippen molar-refractivity contribution in [1.29, 1.82) is 0 Å². The first-order valence-electron chi connectivity index (χ1n) is 11.1. The summed E-state index contributed by atoms with van der Waals surface area (Å²) in [5, 5.41) is 0.276. The third kappa shape index (κ3) is 6.20. The summed E-state index contributed by atoms with van der Waals surface area (Å²) < 4.78 is 50.2. The van der Waals surface area contributed by atoms with Crippen molar-refractivity contribution in [2.24, 2.45) is 0 Å². The monoisotopic (exact) mass is 548 g/mol. The van der Waals surface area contributed by atoms with Crippen molar-refractivity contribution in [3.05, 3.63) is 71.2 Å². The van der Waals surface area contributed by atoms with Gasteiger partial charge in [0, 0.05) is 30.2 Å². The molecule has 0 aliphatic carbocycles. The number of sulfonamides is 1. The van der Waals surface area contributed by atoms with Crippen LogP contribution in [0.25, 0.3) is 0 Å². The average Bonchev–Trinajstić information content (AvgIpc) is 2.91. The molecule has 0 unspecified atom stereocenters. The summed E-state index contributed by atoms with van der Waals surface area (Å²) in [6, 6.07) is 16.0. The summed E-state index contributed by atoms with van der Waals surface area (Å²) in [5.74, 6) is 0.973. The molecule has 3 aromatic rings. The highest BCUT2D eigenvalue weighted by atomic mass is 35.5. The summed E-state index contributed by atoms with van der Waals surface area (Å²) in [6.07, 6.45) is 0. The fourth-order valence-electron chi connectivity index (χ4n) is 3.68. The molecule has 0 aliphatic heterocycles. The Bertz CT molecular complexity index is 1360. The Morgan fingerprint density at radius 1 is 0.811 bits per heavy atom. The molecule has 0 bridgehead atoms. The largest absolute Gasteiger partial charge is 0.496 e. The van der Waals surface area contributed by atoms with Gasteiger partial charge >= 0.3 is 0 Å². The van der Waals surface area contributed by atoms with Crippen LogP contribution in [-0.2, 0) is 21.4 Å². The first-order valence-corrected chi connectivity index (χ1v) is 12.9. The number of methoxy groups -OCH3 is 4. The fraction of sp³-hybridized carbons (Fsp3) is 0.269. The van der Waals surface area contributed by atoms with Gasteiger partial charge in [-0.25, -0.2) is 8.42 Å². The lowest BCUT2D eigenvalue weighted by atomic mass is 10.2. The first kappa shape index (κ1) is 27.9. The van der Waals surface area contributed by atoms with Crippen LogP contribution in [0.1, 0.15) is 5.56 Å². The zero-order chi connectivity index (χ0) is 27.2. The maximum Gasteiger partial charge on any atom is 0.265 e. The Labute approximate surface area is 222 Å². The number of rotatable bonds is 11. The van der Waals surface area contributed by atoms with E-state index in [4.69, 9.17) is 30.5 Å². The number of hydrogen-bond acceptors (Lipinski definition) is 7. The van der Waals surface area contributed by atoms with Crippen molar-refractivity contribution in [1.82, 2.24) is 4.90 Å². The minimum absolute atomic E-state index is 0.104. The first-order chi connectivity index (χ1) is 17.7. The van der Waals surface area contributed by atoms with E-state index in [-0.39, 0.29) is 33.6 Å². The molecule has 1 amide bonds. The topological polar surface area (TPSA) is 94.6 Å². The van der Waals surface area contributed by atoms with Gasteiger partial charge in [0.05, 0.1) is 39.0 Å². The lowest BCUT2D eigenvalue weighted by Gasteiger charge is -2.28. The van der Waals surface area contributed by atoms with Gasteiger partial charge in [0.1, 0.15) is 18.0 Å². The number of carbonyl (C=O) groups is 1. The maximum atomic E-state index is 13.9. The SMILES string of the molecule is COc1ccccc1CN(C)C(=O)CN(c1cc(Cl)ccc1OC)S(=O)(=O)c1ccc(OC)c(OC)c1. The molecule has 0 N–H and O–H groups in total. The van der Waals surface area contributed by atoms with E-state index in [9.17, 15) is 13.2 Å². The second-order valence-corrected chi connectivity index (χ2v) is 10.2. The number of carbonyl (C=O) groups excluding carboxylic acids is 1. The van der Waals surface area contributed by atoms with Crippen LogP contribution in [0.2, 0.25) is 5.02 Å². The van der Waals surface area contributed by atoms with Crippen molar-refractivity contribution in [2.45, 2.75) is 11.4 Å². The molecule has 0 radical (unpaired) electrons. The molecule has 0 saturated heterocycles. The van der Waals surface area contributed by atoms with E-state index in [1.54, 1.807) is 26.3 Å². The van der Waals surface area contributed by atoms with E-state index in [2.05, 4.69) is 0 Å². The third-order valence-electron chi connectivity index (χ3n) is 5.66. The minimum atomic E-state index is -4.29. The van der Waals surface area contributed by atoms with Crippen molar-refractivity contribution in [2.75, 3.05) is 46.3 Å². The van der Waals surface area contributed by atoms with Crippen LogP contribution in [0.5, 0.6) is 23.0 Å². The number of likely N-dealkylation sites (N-methyl/N-ethyl adjacent to an activating group) is 1. The second kappa shape index (κ2) is 12.1. The number of anilines is 1. The number of benzene rings is 3. The summed E-state index contributed by atoms with van der Waals surface area (Å²) in [4.78, 5) is 14.7. The van der Waals surface area contributed by atoms with E-state index < -0.39 is 22.5 Å². The van der Waals surface area contributed by atoms with E-state index in [1.807, 2.05) is 18.2 Å². The summed E-state index contributed by atoms with van der Waals surface area (Å²) >= 11 is 6.22. The molecule has 37 heavy (non-hydrogen) atoms. The summed E-state index contributed by atoms with van der Waals surface area (Å²) in [7, 11) is 3.11. The van der Waals surface area contributed by atoms with Crippen molar-refractivity contribution < 1.29 is 32.2 Å². The van der Waals surface area contributed by atoms with Gasteiger partial charge in [-0.05, 0) is 36.4 Å². The maximum absolute atomic E-state index is 13.9. The van der Waals surface area contributed by atoms with Gasteiger partial charge in [-0.15, -0.1) is 0 Å². The number of para-hydroxylation sites is 1. The summed E-state index contributed by atoms with van der Waals surface area (Å²) in [6.45, 7) is -0.307. The van der Waals surface area contributed by atoms with Gasteiger partial charge in [0.15, 0.2) is 11.5 Å². The Balaban J connectivity index is 2.05. The minimum Gasteiger partial charge on any atom is -0.496 e. The third-order valence-corrected chi connectivity index (χ3v) is 7.65. The average molecular weight is 549 g/mol. The number of ether oxygens (including phenoxy) is 4. The molecule has 3 rings (SSSR count). The van der Waals surface area contributed by atoms with Crippen molar-refractivity contribution >= 4 is 33.2 Å². The lowest BCUT2D eigenvalue weighted by Crippen LogP contribution is -2.41. The Kier molecular flexibility index (Phi) is 9.12. The predicted octanol–water partition coefficient (Wildman–Crippen LogP) is 4.23. The molecule has 0 fully saturated rings. The Hall–Kier alpha value is -3.63. The highest BCUT2D eigenvalue weighted by Gasteiger charge is 2.31. The quantitative estimate of drug-likeness (QED) is 0.354. The Morgan fingerprint density at radius 3 is 2.08 bits per heavy atom.